The Hall–Kier alpha value is -1.00. The number of aliphatic hydroxyl groups excluding tert-OH is 1. The Balaban J connectivity index is 2.13. The van der Waals surface area contributed by atoms with E-state index in [0.717, 1.165) is 22.6 Å². The van der Waals surface area contributed by atoms with Gasteiger partial charge in [-0.25, -0.2) is 0 Å². The van der Waals surface area contributed by atoms with Gasteiger partial charge in [-0.05, 0) is 6.07 Å². The predicted molar refractivity (Wildman–Crippen MR) is 54.5 cm³/mol. The van der Waals surface area contributed by atoms with Gasteiger partial charge in [-0.1, -0.05) is 0 Å². The van der Waals surface area contributed by atoms with E-state index in [2.05, 4.69) is 0 Å². The fourth-order valence-electron chi connectivity index (χ4n) is 1.37. The van der Waals surface area contributed by atoms with Crippen molar-refractivity contribution in [1.82, 2.24) is 0 Å². The first kappa shape index (κ1) is 9.55. The number of hydrogen-bond donors (Lipinski definition) is 1. The molecule has 0 aliphatic carbocycles. The fourth-order valence-corrected chi connectivity index (χ4v) is 2.25. The van der Waals surface area contributed by atoms with Crippen molar-refractivity contribution in [1.29, 1.82) is 0 Å². The van der Waals surface area contributed by atoms with Crippen LogP contribution in [0, 0.1) is 0 Å². The summed E-state index contributed by atoms with van der Waals surface area (Å²) in [6, 6.07) is 1.86. The van der Waals surface area contributed by atoms with Crippen molar-refractivity contribution in [2.75, 3.05) is 13.7 Å². The van der Waals surface area contributed by atoms with Crippen molar-refractivity contribution in [3.63, 3.8) is 0 Å². The van der Waals surface area contributed by atoms with Crippen molar-refractivity contribution in [3.8, 4) is 5.75 Å². The van der Waals surface area contributed by atoms with E-state index >= 15 is 0 Å². The lowest BCUT2D eigenvalue weighted by atomic mass is 10.1. The molecule has 1 atom stereocenters. The molecule has 1 aliphatic heterocycles. The van der Waals surface area contributed by atoms with E-state index in [1.54, 1.807) is 13.4 Å². The van der Waals surface area contributed by atoms with Crippen LogP contribution >= 0.6 is 11.3 Å². The third-order valence-electron chi connectivity index (χ3n) is 2.20. The van der Waals surface area contributed by atoms with E-state index in [9.17, 15) is 5.11 Å². The lowest BCUT2D eigenvalue weighted by Gasteiger charge is -2.06. The molecule has 1 aromatic heterocycles. The van der Waals surface area contributed by atoms with Crippen molar-refractivity contribution in [2.45, 2.75) is 12.5 Å². The van der Waals surface area contributed by atoms with Crippen LogP contribution in [0.15, 0.2) is 23.3 Å². The van der Waals surface area contributed by atoms with Crippen LogP contribution in [0.2, 0.25) is 0 Å². The third-order valence-corrected chi connectivity index (χ3v) is 3.16. The van der Waals surface area contributed by atoms with Gasteiger partial charge >= 0.3 is 0 Å². The van der Waals surface area contributed by atoms with E-state index in [4.69, 9.17) is 9.47 Å². The van der Waals surface area contributed by atoms with Gasteiger partial charge in [0.05, 0.1) is 20.0 Å². The van der Waals surface area contributed by atoms with E-state index in [1.165, 1.54) is 11.3 Å². The van der Waals surface area contributed by atoms with Gasteiger partial charge in [-0.2, -0.15) is 0 Å². The monoisotopic (exact) mass is 212 g/mol. The van der Waals surface area contributed by atoms with Gasteiger partial charge in [0.2, 0.25) is 0 Å². The van der Waals surface area contributed by atoms with Crippen LogP contribution in [0.1, 0.15) is 17.4 Å². The van der Waals surface area contributed by atoms with Crippen LogP contribution in [0.3, 0.4) is 0 Å². The molecule has 14 heavy (non-hydrogen) atoms. The Labute approximate surface area is 86.6 Å². The van der Waals surface area contributed by atoms with E-state index in [1.807, 2.05) is 11.4 Å². The van der Waals surface area contributed by atoms with Gasteiger partial charge in [-0.15, -0.1) is 11.3 Å². The van der Waals surface area contributed by atoms with Gasteiger partial charge in [0.1, 0.15) is 11.9 Å². The first-order chi connectivity index (χ1) is 6.81. The second kappa shape index (κ2) is 4.02. The highest BCUT2D eigenvalue weighted by Crippen LogP contribution is 2.33. The molecule has 1 unspecified atom stereocenters. The number of rotatable bonds is 3. The zero-order chi connectivity index (χ0) is 9.97. The van der Waals surface area contributed by atoms with Gasteiger partial charge < -0.3 is 14.6 Å². The molecule has 0 amide bonds. The minimum absolute atomic E-state index is 0.536. The number of thiophene rings is 1. The van der Waals surface area contributed by atoms with Crippen molar-refractivity contribution >= 4 is 11.3 Å². The molecule has 1 aromatic rings. The lowest BCUT2D eigenvalue weighted by molar-refractivity contribution is 0.216. The van der Waals surface area contributed by atoms with Gasteiger partial charge in [0, 0.05) is 22.3 Å². The molecule has 0 radical (unpaired) electrons. The molecule has 3 nitrogen and oxygen atoms in total. The zero-order valence-electron chi connectivity index (χ0n) is 7.90. The molecule has 1 N–H and O–H groups in total. The predicted octanol–water partition coefficient (Wildman–Crippen LogP) is 2.09. The molecule has 4 heteroatoms. The quantitative estimate of drug-likeness (QED) is 0.833. The highest BCUT2D eigenvalue weighted by Gasteiger charge is 2.19. The van der Waals surface area contributed by atoms with E-state index < -0.39 is 6.10 Å². The maximum atomic E-state index is 9.94. The van der Waals surface area contributed by atoms with Crippen LogP contribution in [0.4, 0.5) is 0 Å². The number of methoxy groups -OCH3 is 1. The van der Waals surface area contributed by atoms with Crippen molar-refractivity contribution in [2.24, 2.45) is 0 Å². The van der Waals surface area contributed by atoms with E-state index in [0.29, 0.717) is 6.61 Å². The summed E-state index contributed by atoms with van der Waals surface area (Å²) in [4.78, 5) is 0.901. The molecular formula is C10H12O3S. The average Bonchev–Trinajstić information content (AvgIpc) is 2.88. The molecule has 0 aromatic carbocycles. The van der Waals surface area contributed by atoms with Crippen molar-refractivity contribution in [3.05, 3.63) is 28.2 Å². The highest BCUT2D eigenvalue weighted by atomic mass is 32.1. The zero-order valence-corrected chi connectivity index (χ0v) is 8.71. The largest absolute Gasteiger partial charge is 0.501 e. The number of ether oxygens (including phenoxy) is 2. The highest BCUT2D eigenvalue weighted by molar-refractivity contribution is 7.10. The van der Waals surface area contributed by atoms with Gasteiger partial charge in [0.15, 0.2) is 0 Å². The van der Waals surface area contributed by atoms with Crippen LogP contribution in [-0.2, 0) is 4.74 Å². The summed E-state index contributed by atoms with van der Waals surface area (Å²) in [5.41, 5.74) is 0.939. The molecule has 0 saturated carbocycles. The van der Waals surface area contributed by atoms with Crippen LogP contribution in [0.5, 0.6) is 5.75 Å². The van der Waals surface area contributed by atoms with Gasteiger partial charge in [0.25, 0.3) is 0 Å². The maximum absolute atomic E-state index is 9.94. The first-order valence-electron chi connectivity index (χ1n) is 4.42. The number of aliphatic hydroxyl groups is 1. The Morgan fingerprint density at radius 3 is 3.07 bits per heavy atom. The standard InChI is InChI=1S/C10H12O3S/c1-12-8-4-9(14-6-8)10(11)7-2-3-13-5-7/h4-6,10-11H,2-3H2,1H3. The SMILES string of the molecule is COc1csc(C(O)C2=COCC2)c1. The summed E-state index contributed by atoms with van der Waals surface area (Å²) in [5.74, 6) is 0.795. The molecule has 76 valence electrons. The van der Waals surface area contributed by atoms with E-state index in [-0.39, 0.29) is 0 Å². The number of hydrogen-bond acceptors (Lipinski definition) is 4. The minimum Gasteiger partial charge on any atom is -0.501 e. The van der Waals surface area contributed by atoms with Gasteiger partial charge in [-0.3, -0.25) is 0 Å². The van der Waals surface area contributed by atoms with Crippen LogP contribution < -0.4 is 4.74 Å². The molecule has 0 saturated heterocycles. The van der Waals surface area contributed by atoms with Crippen molar-refractivity contribution < 1.29 is 14.6 Å². The Morgan fingerprint density at radius 1 is 1.64 bits per heavy atom. The Bertz CT molecular complexity index is 343. The normalized spacial score (nSPS) is 17.4. The fraction of sp³-hybridized carbons (Fsp3) is 0.400. The molecule has 0 fully saturated rings. The van der Waals surface area contributed by atoms with Crippen LogP contribution in [0.25, 0.3) is 0 Å². The Morgan fingerprint density at radius 2 is 2.50 bits per heavy atom. The van der Waals surface area contributed by atoms with Crippen LogP contribution in [-0.4, -0.2) is 18.8 Å². The molecule has 2 heterocycles. The average molecular weight is 212 g/mol. The Kier molecular flexibility index (Phi) is 2.74. The summed E-state index contributed by atoms with van der Waals surface area (Å²) in [6.07, 6.45) is 1.92. The molecule has 0 spiro atoms. The second-order valence-electron chi connectivity index (χ2n) is 3.10. The lowest BCUT2D eigenvalue weighted by Crippen LogP contribution is -1.97. The second-order valence-corrected chi connectivity index (χ2v) is 4.05. The third kappa shape index (κ3) is 1.76. The molecule has 2 rings (SSSR count). The molecular weight excluding hydrogens is 200 g/mol. The summed E-state index contributed by atoms with van der Waals surface area (Å²) in [6.45, 7) is 0.675. The minimum atomic E-state index is -0.536. The summed E-state index contributed by atoms with van der Waals surface area (Å²) >= 11 is 1.50. The summed E-state index contributed by atoms with van der Waals surface area (Å²) < 4.78 is 10.1. The maximum Gasteiger partial charge on any atom is 0.129 e. The first-order valence-corrected chi connectivity index (χ1v) is 5.30. The summed E-state index contributed by atoms with van der Waals surface area (Å²) in [5, 5.41) is 11.8. The molecule has 0 bridgehead atoms. The molecule has 1 aliphatic rings. The smallest absolute Gasteiger partial charge is 0.129 e. The summed E-state index contributed by atoms with van der Waals surface area (Å²) in [7, 11) is 1.62. The topological polar surface area (TPSA) is 38.7 Å².